The molecule has 0 fully saturated rings. The van der Waals surface area contributed by atoms with E-state index < -0.39 is 38.9 Å². The smallest absolute Gasteiger partial charge is 0.438 e. The molecule has 124 valence electrons. The molecule has 0 saturated heterocycles. The zero-order valence-corrected chi connectivity index (χ0v) is 14.1. The van der Waals surface area contributed by atoms with Gasteiger partial charge in [-0.25, -0.2) is 13.6 Å². The maximum atomic E-state index is 12.4. The van der Waals surface area contributed by atoms with Gasteiger partial charge in [0.2, 0.25) is 13.6 Å². The number of hydrogen-bond donors (Lipinski definition) is 0. The van der Waals surface area contributed by atoms with E-state index in [0.29, 0.717) is 0 Å². The second-order valence-corrected chi connectivity index (χ2v) is 6.66. The van der Waals surface area contributed by atoms with E-state index in [9.17, 15) is 14.2 Å². The van der Waals surface area contributed by atoms with Crippen LogP contribution in [-0.4, -0.2) is 31.1 Å². The number of phosphoric acid groups is 1. The highest BCUT2D eigenvalue weighted by Crippen LogP contribution is 2.53. The molecule has 0 atom stereocenters. The highest BCUT2D eigenvalue weighted by Gasteiger charge is 2.38. The number of phosphoric ester groups is 1. The fourth-order valence-electron chi connectivity index (χ4n) is 0.831. The fourth-order valence-corrected chi connectivity index (χ4v) is 2.16. The van der Waals surface area contributed by atoms with Crippen molar-refractivity contribution in [3.63, 3.8) is 0 Å². The van der Waals surface area contributed by atoms with Crippen LogP contribution in [-0.2, 0) is 37.2 Å². The molecule has 0 N–H and O–H groups in total. The summed E-state index contributed by atoms with van der Waals surface area (Å²) in [6.07, 6.45) is 0. The highest BCUT2D eigenvalue weighted by atomic mass is 31.2. The molecule has 0 heterocycles. The summed E-state index contributed by atoms with van der Waals surface area (Å²) in [5, 5.41) is 0. The maximum absolute atomic E-state index is 12.4. The monoisotopic (exact) mass is 326 g/mol. The van der Waals surface area contributed by atoms with Crippen LogP contribution in [0.25, 0.3) is 0 Å². The van der Waals surface area contributed by atoms with Gasteiger partial charge in [-0.15, -0.1) is 0 Å². The second kappa shape index (κ2) is 8.48. The Bertz CT molecular complexity index is 380. The Morgan fingerprint density at radius 2 is 1.38 bits per heavy atom. The van der Waals surface area contributed by atoms with E-state index in [1.807, 2.05) is 13.8 Å². The molecule has 0 amide bonds. The van der Waals surface area contributed by atoms with E-state index in [1.54, 1.807) is 13.8 Å². The Kier molecular flexibility index (Phi) is 8.10. The summed E-state index contributed by atoms with van der Waals surface area (Å²) in [5.41, 5.74) is -0.831. The van der Waals surface area contributed by atoms with Crippen LogP contribution in [0.15, 0.2) is 0 Å². The van der Waals surface area contributed by atoms with Crippen molar-refractivity contribution in [2.24, 2.45) is 5.92 Å². The quantitative estimate of drug-likeness (QED) is 0.362. The Hall–Kier alpha value is -0.950. The molecule has 0 bridgehead atoms. The summed E-state index contributed by atoms with van der Waals surface area (Å²) >= 11 is 0. The minimum Gasteiger partial charge on any atom is -0.438 e. The summed E-state index contributed by atoms with van der Waals surface area (Å²) in [4.78, 5) is 21.4. The number of hydrogen-bond acceptors (Lipinski definition) is 8. The van der Waals surface area contributed by atoms with Crippen molar-refractivity contribution in [2.75, 3.05) is 13.6 Å². The van der Waals surface area contributed by atoms with Crippen molar-refractivity contribution in [3.8, 4) is 0 Å². The molecule has 0 aliphatic rings. The first-order chi connectivity index (χ1) is 9.48. The molecule has 0 rings (SSSR count). The molecular weight excluding hydrogens is 303 g/mol. The predicted octanol–water partition coefficient (Wildman–Crippen LogP) is 2.62. The summed E-state index contributed by atoms with van der Waals surface area (Å²) in [6, 6.07) is 0. The Balaban J connectivity index is 4.77. The number of carbonyl (C=O) groups is 2. The van der Waals surface area contributed by atoms with Gasteiger partial charge in [-0.2, -0.15) is 0 Å². The lowest BCUT2D eigenvalue weighted by Crippen LogP contribution is -2.30. The van der Waals surface area contributed by atoms with Crippen molar-refractivity contribution >= 4 is 19.8 Å². The standard InChI is InChI=1S/C12H23O8P/c1-9(2)12(5,6)20-21(15,18-7-16-10(3)13)19-8-17-11(4)14/h9H,7-8H2,1-6H3. The van der Waals surface area contributed by atoms with E-state index in [4.69, 9.17) is 13.6 Å². The van der Waals surface area contributed by atoms with E-state index >= 15 is 0 Å². The lowest BCUT2D eigenvalue weighted by Gasteiger charge is -2.32. The van der Waals surface area contributed by atoms with Gasteiger partial charge in [-0.3, -0.25) is 14.1 Å². The van der Waals surface area contributed by atoms with Crippen molar-refractivity contribution in [2.45, 2.75) is 47.1 Å². The first-order valence-electron chi connectivity index (χ1n) is 6.35. The van der Waals surface area contributed by atoms with Crippen LogP contribution in [0.2, 0.25) is 0 Å². The molecular formula is C12H23O8P. The van der Waals surface area contributed by atoms with Gasteiger partial charge in [-0.05, 0) is 19.8 Å². The van der Waals surface area contributed by atoms with Crippen LogP contribution < -0.4 is 0 Å². The largest absolute Gasteiger partial charge is 0.481 e. The van der Waals surface area contributed by atoms with E-state index in [0.717, 1.165) is 0 Å². The van der Waals surface area contributed by atoms with Crippen LogP contribution in [0.3, 0.4) is 0 Å². The summed E-state index contributed by atoms with van der Waals surface area (Å²) < 4.78 is 36.7. The zero-order valence-electron chi connectivity index (χ0n) is 13.2. The van der Waals surface area contributed by atoms with Gasteiger partial charge in [-0.1, -0.05) is 13.8 Å². The third kappa shape index (κ3) is 8.83. The van der Waals surface area contributed by atoms with Crippen molar-refractivity contribution in [3.05, 3.63) is 0 Å². The van der Waals surface area contributed by atoms with Crippen LogP contribution in [0, 0.1) is 5.92 Å². The van der Waals surface area contributed by atoms with Crippen LogP contribution >= 0.6 is 7.82 Å². The number of esters is 2. The van der Waals surface area contributed by atoms with Crippen molar-refractivity contribution in [1.29, 1.82) is 0 Å². The molecule has 0 aromatic rings. The fraction of sp³-hybridized carbons (Fsp3) is 0.833. The Labute approximate surface area is 124 Å². The lowest BCUT2D eigenvalue weighted by molar-refractivity contribution is -0.152. The first kappa shape index (κ1) is 20.1. The topological polar surface area (TPSA) is 97.4 Å². The van der Waals surface area contributed by atoms with Gasteiger partial charge in [0, 0.05) is 13.8 Å². The van der Waals surface area contributed by atoms with Crippen LogP contribution in [0.1, 0.15) is 41.5 Å². The second-order valence-electron chi connectivity index (χ2n) is 5.06. The maximum Gasteiger partial charge on any atom is 0.481 e. The molecule has 0 saturated carbocycles. The lowest BCUT2D eigenvalue weighted by atomic mass is 9.95. The molecule has 8 nitrogen and oxygen atoms in total. The van der Waals surface area contributed by atoms with Crippen molar-refractivity contribution < 1.29 is 37.2 Å². The van der Waals surface area contributed by atoms with Crippen LogP contribution in [0.5, 0.6) is 0 Å². The van der Waals surface area contributed by atoms with E-state index in [-0.39, 0.29) is 5.92 Å². The normalized spacial score (nSPS) is 12.3. The highest BCUT2D eigenvalue weighted by molar-refractivity contribution is 7.48. The Morgan fingerprint density at radius 1 is 1.00 bits per heavy atom. The van der Waals surface area contributed by atoms with Gasteiger partial charge in [0.15, 0.2) is 0 Å². The van der Waals surface area contributed by atoms with E-state index in [2.05, 4.69) is 9.47 Å². The Morgan fingerprint density at radius 3 is 1.67 bits per heavy atom. The summed E-state index contributed by atoms with van der Waals surface area (Å²) in [7, 11) is -4.06. The zero-order chi connectivity index (χ0) is 16.7. The van der Waals surface area contributed by atoms with Gasteiger partial charge >= 0.3 is 19.8 Å². The SMILES string of the molecule is CC(=O)OCOP(=O)(OCOC(C)=O)OC(C)(C)C(C)C. The number of carbonyl (C=O) groups excluding carboxylic acids is 2. The number of ether oxygens (including phenoxy) is 2. The molecule has 0 aromatic carbocycles. The minimum atomic E-state index is -4.06. The summed E-state index contributed by atoms with van der Waals surface area (Å²) in [6.45, 7) is 8.29. The molecule has 0 aliphatic carbocycles. The average molecular weight is 326 g/mol. The minimum absolute atomic E-state index is 0.000441. The predicted molar refractivity (Wildman–Crippen MR) is 73.0 cm³/mol. The molecule has 9 heteroatoms. The van der Waals surface area contributed by atoms with Crippen LogP contribution in [0.4, 0.5) is 0 Å². The third-order valence-electron chi connectivity index (χ3n) is 2.68. The van der Waals surface area contributed by atoms with E-state index in [1.165, 1.54) is 13.8 Å². The summed E-state index contributed by atoms with van der Waals surface area (Å²) in [5.74, 6) is -1.21. The van der Waals surface area contributed by atoms with Gasteiger partial charge < -0.3 is 9.47 Å². The molecule has 0 radical (unpaired) electrons. The third-order valence-corrected chi connectivity index (χ3v) is 4.22. The van der Waals surface area contributed by atoms with Crippen molar-refractivity contribution in [1.82, 2.24) is 0 Å². The van der Waals surface area contributed by atoms with Gasteiger partial charge in [0.1, 0.15) is 0 Å². The van der Waals surface area contributed by atoms with Gasteiger partial charge in [0.25, 0.3) is 0 Å². The molecule has 0 aromatic heterocycles. The molecule has 21 heavy (non-hydrogen) atoms. The molecule has 0 aliphatic heterocycles. The van der Waals surface area contributed by atoms with Gasteiger partial charge in [0.05, 0.1) is 5.60 Å². The number of rotatable bonds is 9. The first-order valence-corrected chi connectivity index (χ1v) is 7.81. The molecule has 0 spiro atoms. The molecule has 0 unspecified atom stereocenters. The average Bonchev–Trinajstić information content (AvgIpc) is 2.26.